The third-order valence-electron chi connectivity index (χ3n) is 2.48. The Kier molecular flexibility index (Phi) is 3.67. The molecular weight excluding hydrogens is 232 g/mol. The zero-order chi connectivity index (χ0) is 13.0. The summed E-state index contributed by atoms with van der Waals surface area (Å²) < 4.78 is 1.43. The minimum Gasteiger partial charge on any atom is -0.394 e. The van der Waals surface area contributed by atoms with Gasteiger partial charge in [-0.15, -0.1) is 5.10 Å². The van der Waals surface area contributed by atoms with E-state index in [0.29, 0.717) is 5.69 Å². The van der Waals surface area contributed by atoms with Crippen LogP contribution < -0.4 is 0 Å². The van der Waals surface area contributed by atoms with Crippen LogP contribution in [0.2, 0.25) is 0 Å². The average Bonchev–Trinajstić information content (AvgIpc) is 2.82. The standard InChI is InChI=1S/C12H12N4O2/c13-6-11-12(9-4-2-1-3-5-9)16(15-14-11)7-10(18)8-17/h1-5,10,17-18H,7-8H2. The summed E-state index contributed by atoms with van der Waals surface area (Å²) in [7, 11) is 0. The Hall–Kier alpha value is -2.23. The maximum Gasteiger partial charge on any atom is 0.190 e. The van der Waals surface area contributed by atoms with Crippen molar-refractivity contribution >= 4 is 0 Å². The first-order valence-electron chi connectivity index (χ1n) is 5.44. The molecule has 6 heteroatoms. The van der Waals surface area contributed by atoms with Crippen LogP contribution in [0.4, 0.5) is 0 Å². The molecule has 1 aromatic carbocycles. The lowest BCUT2D eigenvalue weighted by atomic mass is 10.1. The molecule has 0 aliphatic heterocycles. The summed E-state index contributed by atoms with van der Waals surface area (Å²) in [6, 6.07) is 11.2. The predicted octanol–water partition coefficient (Wildman–Crippen LogP) is 0.170. The SMILES string of the molecule is N#Cc1nnn(CC(O)CO)c1-c1ccccc1. The molecule has 2 N–H and O–H groups in total. The molecule has 0 spiro atoms. The molecule has 92 valence electrons. The van der Waals surface area contributed by atoms with Crippen LogP contribution in [0.5, 0.6) is 0 Å². The van der Waals surface area contributed by atoms with Gasteiger partial charge in [0.15, 0.2) is 5.69 Å². The third kappa shape index (κ3) is 2.37. The Morgan fingerprint density at radius 3 is 2.67 bits per heavy atom. The fourth-order valence-electron chi connectivity index (χ4n) is 1.66. The zero-order valence-corrected chi connectivity index (χ0v) is 9.56. The number of benzene rings is 1. The molecule has 6 nitrogen and oxygen atoms in total. The molecule has 1 aromatic heterocycles. The summed E-state index contributed by atoms with van der Waals surface area (Å²) in [6.45, 7) is -0.272. The summed E-state index contributed by atoms with van der Waals surface area (Å²) in [6.07, 6.45) is -0.930. The van der Waals surface area contributed by atoms with Crippen molar-refractivity contribution in [2.24, 2.45) is 0 Å². The molecule has 0 amide bonds. The van der Waals surface area contributed by atoms with E-state index in [1.165, 1.54) is 4.68 Å². The van der Waals surface area contributed by atoms with Crippen molar-refractivity contribution in [1.82, 2.24) is 15.0 Å². The molecule has 0 saturated heterocycles. The number of aromatic nitrogens is 3. The van der Waals surface area contributed by atoms with E-state index in [1.54, 1.807) is 0 Å². The molecular formula is C12H12N4O2. The summed E-state index contributed by atoms with van der Waals surface area (Å²) in [4.78, 5) is 0. The molecule has 2 rings (SSSR count). The summed E-state index contributed by atoms with van der Waals surface area (Å²) in [5.74, 6) is 0. The van der Waals surface area contributed by atoms with Crippen LogP contribution >= 0.6 is 0 Å². The highest BCUT2D eigenvalue weighted by Crippen LogP contribution is 2.21. The van der Waals surface area contributed by atoms with Crippen molar-refractivity contribution in [1.29, 1.82) is 5.26 Å². The van der Waals surface area contributed by atoms with Crippen molar-refractivity contribution < 1.29 is 10.2 Å². The number of aliphatic hydroxyl groups is 2. The summed E-state index contributed by atoms with van der Waals surface area (Å²) in [5, 5.41) is 34.9. The number of hydrogen-bond acceptors (Lipinski definition) is 5. The van der Waals surface area contributed by atoms with Crippen molar-refractivity contribution in [3.05, 3.63) is 36.0 Å². The molecule has 2 aromatic rings. The van der Waals surface area contributed by atoms with Crippen LogP contribution in [0.1, 0.15) is 5.69 Å². The highest BCUT2D eigenvalue weighted by atomic mass is 16.3. The van der Waals surface area contributed by atoms with Gasteiger partial charge in [0, 0.05) is 5.56 Å². The van der Waals surface area contributed by atoms with E-state index < -0.39 is 6.10 Å². The zero-order valence-electron chi connectivity index (χ0n) is 9.56. The molecule has 0 fully saturated rings. The van der Waals surface area contributed by atoms with Gasteiger partial charge in [0.25, 0.3) is 0 Å². The first-order valence-corrected chi connectivity index (χ1v) is 5.44. The van der Waals surface area contributed by atoms with Gasteiger partial charge in [-0.2, -0.15) is 5.26 Å². The quantitative estimate of drug-likeness (QED) is 0.799. The van der Waals surface area contributed by atoms with Crippen LogP contribution in [0, 0.1) is 11.3 Å². The van der Waals surface area contributed by atoms with Crippen LogP contribution in [0.25, 0.3) is 11.3 Å². The number of nitriles is 1. The molecule has 0 bridgehead atoms. The Labute approximate surface area is 104 Å². The second-order valence-corrected chi connectivity index (χ2v) is 3.78. The van der Waals surface area contributed by atoms with Gasteiger partial charge in [-0.3, -0.25) is 0 Å². The van der Waals surface area contributed by atoms with E-state index in [1.807, 2.05) is 36.4 Å². The first-order chi connectivity index (χ1) is 8.76. The molecule has 1 atom stereocenters. The highest BCUT2D eigenvalue weighted by molar-refractivity contribution is 5.64. The van der Waals surface area contributed by atoms with Gasteiger partial charge in [-0.1, -0.05) is 35.5 Å². The highest BCUT2D eigenvalue weighted by Gasteiger charge is 2.16. The van der Waals surface area contributed by atoms with Crippen molar-refractivity contribution in [3.63, 3.8) is 0 Å². The van der Waals surface area contributed by atoms with E-state index in [9.17, 15) is 5.11 Å². The average molecular weight is 244 g/mol. The lowest BCUT2D eigenvalue weighted by Crippen LogP contribution is -2.21. The van der Waals surface area contributed by atoms with Gasteiger partial charge in [0.05, 0.1) is 19.3 Å². The van der Waals surface area contributed by atoms with Gasteiger partial charge in [-0.05, 0) is 0 Å². The van der Waals surface area contributed by atoms with Crippen molar-refractivity contribution in [2.45, 2.75) is 12.6 Å². The smallest absolute Gasteiger partial charge is 0.190 e. The number of nitrogens with zero attached hydrogens (tertiary/aromatic N) is 4. The molecule has 0 aliphatic carbocycles. The van der Waals surface area contributed by atoms with E-state index in [-0.39, 0.29) is 18.8 Å². The molecule has 1 heterocycles. The van der Waals surface area contributed by atoms with Crippen molar-refractivity contribution in [2.75, 3.05) is 6.61 Å². The van der Waals surface area contributed by atoms with E-state index in [0.717, 1.165) is 5.56 Å². The van der Waals surface area contributed by atoms with E-state index in [4.69, 9.17) is 10.4 Å². The number of hydrogen-bond donors (Lipinski definition) is 2. The maximum absolute atomic E-state index is 9.44. The minimum absolute atomic E-state index is 0.0927. The second-order valence-electron chi connectivity index (χ2n) is 3.78. The predicted molar refractivity (Wildman–Crippen MR) is 63.3 cm³/mol. The van der Waals surface area contributed by atoms with E-state index in [2.05, 4.69) is 10.3 Å². The van der Waals surface area contributed by atoms with Gasteiger partial charge < -0.3 is 10.2 Å². The van der Waals surface area contributed by atoms with Gasteiger partial charge in [0.1, 0.15) is 11.8 Å². The Bertz CT molecular complexity index is 559. The van der Waals surface area contributed by atoms with Crippen LogP contribution in [0.15, 0.2) is 30.3 Å². The topological polar surface area (TPSA) is 95.0 Å². The van der Waals surface area contributed by atoms with Crippen molar-refractivity contribution in [3.8, 4) is 17.3 Å². The van der Waals surface area contributed by atoms with Gasteiger partial charge in [-0.25, -0.2) is 4.68 Å². The normalized spacial score (nSPS) is 12.1. The lowest BCUT2D eigenvalue weighted by Gasteiger charge is -2.09. The Balaban J connectivity index is 2.44. The molecule has 0 radical (unpaired) electrons. The first kappa shape index (κ1) is 12.2. The van der Waals surface area contributed by atoms with Crippen LogP contribution in [-0.2, 0) is 6.54 Å². The fraction of sp³-hybridized carbons (Fsp3) is 0.250. The molecule has 0 aliphatic rings. The maximum atomic E-state index is 9.44. The lowest BCUT2D eigenvalue weighted by molar-refractivity contribution is 0.0782. The number of rotatable bonds is 4. The monoisotopic (exact) mass is 244 g/mol. The van der Waals surface area contributed by atoms with Gasteiger partial charge in [0.2, 0.25) is 0 Å². The largest absolute Gasteiger partial charge is 0.394 e. The molecule has 1 unspecified atom stereocenters. The summed E-state index contributed by atoms with van der Waals surface area (Å²) >= 11 is 0. The molecule has 18 heavy (non-hydrogen) atoms. The summed E-state index contributed by atoms with van der Waals surface area (Å²) in [5.41, 5.74) is 1.54. The van der Waals surface area contributed by atoms with Crippen LogP contribution in [-0.4, -0.2) is 37.9 Å². The third-order valence-corrected chi connectivity index (χ3v) is 2.48. The fourth-order valence-corrected chi connectivity index (χ4v) is 1.66. The Morgan fingerprint density at radius 2 is 2.06 bits per heavy atom. The Morgan fingerprint density at radius 1 is 1.33 bits per heavy atom. The van der Waals surface area contributed by atoms with E-state index >= 15 is 0 Å². The van der Waals surface area contributed by atoms with Crippen LogP contribution in [0.3, 0.4) is 0 Å². The second kappa shape index (κ2) is 5.40. The molecule has 0 saturated carbocycles. The number of aliphatic hydroxyl groups excluding tert-OH is 2. The van der Waals surface area contributed by atoms with Gasteiger partial charge >= 0.3 is 0 Å². The minimum atomic E-state index is -0.930.